The molecule has 0 unspecified atom stereocenters. The van der Waals surface area contributed by atoms with E-state index < -0.39 is 11.4 Å². The third-order valence-corrected chi connectivity index (χ3v) is 4.51. The summed E-state index contributed by atoms with van der Waals surface area (Å²) in [4.78, 5) is 23.6. The highest BCUT2D eigenvalue weighted by Crippen LogP contribution is 2.38. The minimum Gasteiger partial charge on any atom is -0.481 e. The van der Waals surface area contributed by atoms with Gasteiger partial charge in [-0.15, -0.1) is 0 Å². The zero-order chi connectivity index (χ0) is 18.1. The van der Waals surface area contributed by atoms with Crippen molar-refractivity contribution >= 4 is 11.9 Å². The molecule has 2 aromatic carbocycles. The number of ether oxygens (including phenoxy) is 1. The molecule has 0 saturated carbocycles. The lowest BCUT2D eigenvalue weighted by Crippen LogP contribution is -2.38. The summed E-state index contributed by atoms with van der Waals surface area (Å²) in [5, 5.41) is 8.78. The Kier molecular flexibility index (Phi) is 6.75. The quantitative estimate of drug-likeness (QED) is 0.549. The van der Waals surface area contributed by atoms with Gasteiger partial charge in [-0.05, 0) is 24.0 Å². The number of carboxylic acids is 1. The van der Waals surface area contributed by atoms with Crippen LogP contribution in [-0.2, 0) is 19.7 Å². The smallest absolute Gasteiger partial charge is 0.320 e. The zero-order valence-electron chi connectivity index (χ0n) is 14.5. The number of aliphatic carboxylic acids is 1. The normalized spacial score (nSPS) is 11.1. The van der Waals surface area contributed by atoms with Gasteiger partial charge in [0.15, 0.2) is 0 Å². The van der Waals surface area contributed by atoms with E-state index in [1.807, 2.05) is 60.7 Å². The molecule has 2 rings (SSSR count). The van der Waals surface area contributed by atoms with Crippen LogP contribution in [-0.4, -0.2) is 24.2 Å². The summed E-state index contributed by atoms with van der Waals surface area (Å²) >= 11 is 0. The second-order valence-electron chi connectivity index (χ2n) is 6.08. The molecular weight excluding hydrogens is 316 g/mol. The number of carbonyl (C=O) groups is 2. The number of carbonyl (C=O) groups excluding carboxylic acids is 1. The standard InChI is InChI=1S/C21H24O4/c1-25-20(24)21(17-11-5-2-6-12-17,18-13-7-3-8-14-18)16-10-4-9-15-19(22)23/h2-3,5-8,11-14H,4,9-10,15-16H2,1H3,(H,22,23). The van der Waals surface area contributed by atoms with Gasteiger partial charge in [-0.3, -0.25) is 9.59 Å². The third-order valence-electron chi connectivity index (χ3n) is 4.51. The lowest BCUT2D eigenvalue weighted by molar-refractivity contribution is -0.146. The van der Waals surface area contributed by atoms with Gasteiger partial charge >= 0.3 is 11.9 Å². The Morgan fingerprint density at radius 2 is 1.40 bits per heavy atom. The topological polar surface area (TPSA) is 63.6 Å². The van der Waals surface area contributed by atoms with Crippen LogP contribution in [0.5, 0.6) is 0 Å². The fourth-order valence-corrected chi connectivity index (χ4v) is 3.26. The molecule has 0 heterocycles. The number of unbranched alkanes of at least 4 members (excludes halogenated alkanes) is 2. The first kappa shape index (κ1) is 18.7. The first-order valence-corrected chi connectivity index (χ1v) is 8.52. The van der Waals surface area contributed by atoms with Gasteiger partial charge in [0.1, 0.15) is 5.41 Å². The van der Waals surface area contributed by atoms with Crippen molar-refractivity contribution in [2.24, 2.45) is 0 Å². The van der Waals surface area contributed by atoms with E-state index in [1.165, 1.54) is 7.11 Å². The zero-order valence-corrected chi connectivity index (χ0v) is 14.5. The monoisotopic (exact) mass is 340 g/mol. The van der Waals surface area contributed by atoms with E-state index in [1.54, 1.807) is 0 Å². The Labute approximate surface area is 148 Å². The van der Waals surface area contributed by atoms with Gasteiger partial charge < -0.3 is 9.84 Å². The van der Waals surface area contributed by atoms with Crippen molar-refractivity contribution in [1.29, 1.82) is 0 Å². The van der Waals surface area contributed by atoms with Crippen LogP contribution in [0.4, 0.5) is 0 Å². The van der Waals surface area contributed by atoms with E-state index in [0.717, 1.165) is 24.0 Å². The highest BCUT2D eigenvalue weighted by Gasteiger charge is 2.42. The van der Waals surface area contributed by atoms with Crippen molar-refractivity contribution in [3.8, 4) is 0 Å². The molecule has 0 aliphatic rings. The van der Waals surface area contributed by atoms with Crippen molar-refractivity contribution in [2.45, 2.75) is 37.5 Å². The molecule has 0 bridgehead atoms. The van der Waals surface area contributed by atoms with Crippen molar-refractivity contribution in [3.63, 3.8) is 0 Å². The summed E-state index contributed by atoms with van der Waals surface area (Å²) in [5.41, 5.74) is 0.915. The first-order chi connectivity index (χ1) is 12.1. The first-order valence-electron chi connectivity index (χ1n) is 8.52. The van der Waals surface area contributed by atoms with E-state index in [-0.39, 0.29) is 12.4 Å². The fraction of sp³-hybridized carbons (Fsp3) is 0.333. The second kappa shape index (κ2) is 9.02. The molecule has 0 aromatic heterocycles. The van der Waals surface area contributed by atoms with E-state index in [2.05, 4.69) is 0 Å². The Morgan fingerprint density at radius 1 is 0.880 bits per heavy atom. The average molecular weight is 340 g/mol. The van der Waals surface area contributed by atoms with Crippen LogP contribution in [0.25, 0.3) is 0 Å². The molecule has 0 radical (unpaired) electrons. The lowest BCUT2D eigenvalue weighted by atomic mass is 9.71. The van der Waals surface area contributed by atoms with Crippen LogP contribution < -0.4 is 0 Å². The fourth-order valence-electron chi connectivity index (χ4n) is 3.26. The molecule has 0 aliphatic heterocycles. The number of esters is 1. The minimum atomic E-state index is -0.875. The Balaban J connectivity index is 2.35. The van der Waals surface area contributed by atoms with Gasteiger partial charge in [0.05, 0.1) is 7.11 Å². The Bertz CT molecular complexity index is 640. The van der Waals surface area contributed by atoms with Crippen molar-refractivity contribution in [3.05, 3.63) is 71.8 Å². The molecule has 0 aliphatic carbocycles. The average Bonchev–Trinajstić information content (AvgIpc) is 2.65. The SMILES string of the molecule is COC(=O)C(CCCCCC(=O)O)(c1ccccc1)c1ccccc1. The van der Waals surface area contributed by atoms with E-state index in [9.17, 15) is 9.59 Å². The maximum atomic E-state index is 12.9. The highest BCUT2D eigenvalue weighted by molar-refractivity contribution is 5.87. The van der Waals surface area contributed by atoms with Crippen LogP contribution in [0, 0.1) is 0 Å². The molecule has 0 fully saturated rings. The predicted octanol–water partition coefficient (Wildman–Crippen LogP) is 4.18. The van der Waals surface area contributed by atoms with Gasteiger partial charge in [-0.25, -0.2) is 0 Å². The molecule has 0 amide bonds. The van der Waals surface area contributed by atoms with Crippen molar-refractivity contribution < 1.29 is 19.4 Å². The summed E-state index contributed by atoms with van der Waals surface area (Å²) in [6.45, 7) is 0. The second-order valence-corrected chi connectivity index (χ2v) is 6.08. The van der Waals surface area contributed by atoms with Crippen molar-refractivity contribution in [1.82, 2.24) is 0 Å². The van der Waals surface area contributed by atoms with Crippen molar-refractivity contribution in [2.75, 3.05) is 7.11 Å². The highest BCUT2D eigenvalue weighted by atomic mass is 16.5. The van der Waals surface area contributed by atoms with E-state index in [4.69, 9.17) is 9.84 Å². The molecule has 132 valence electrons. The largest absolute Gasteiger partial charge is 0.481 e. The molecule has 0 atom stereocenters. The minimum absolute atomic E-state index is 0.155. The maximum absolute atomic E-state index is 12.9. The van der Waals surface area contributed by atoms with E-state index >= 15 is 0 Å². The summed E-state index contributed by atoms with van der Waals surface area (Å²) in [5.74, 6) is -1.08. The predicted molar refractivity (Wildman–Crippen MR) is 96.4 cm³/mol. The van der Waals surface area contributed by atoms with Crippen LogP contribution >= 0.6 is 0 Å². The summed E-state index contributed by atoms with van der Waals surface area (Å²) in [6.07, 6.45) is 2.84. The molecule has 0 spiro atoms. The molecule has 2 aromatic rings. The lowest BCUT2D eigenvalue weighted by Gasteiger charge is -2.32. The molecular formula is C21H24O4. The van der Waals surface area contributed by atoms with Crippen LogP contribution in [0.2, 0.25) is 0 Å². The molecule has 25 heavy (non-hydrogen) atoms. The Morgan fingerprint density at radius 3 is 1.84 bits per heavy atom. The summed E-state index contributed by atoms with van der Waals surface area (Å²) in [7, 11) is 1.41. The summed E-state index contributed by atoms with van der Waals surface area (Å²) < 4.78 is 5.19. The third kappa shape index (κ3) is 4.47. The maximum Gasteiger partial charge on any atom is 0.320 e. The van der Waals surface area contributed by atoms with Crippen LogP contribution in [0.3, 0.4) is 0 Å². The number of benzene rings is 2. The van der Waals surface area contributed by atoms with E-state index in [0.29, 0.717) is 12.8 Å². The number of carboxylic acid groups (broad SMARTS) is 1. The molecule has 1 N–H and O–H groups in total. The number of hydrogen-bond donors (Lipinski definition) is 1. The number of rotatable bonds is 9. The van der Waals surface area contributed by atoms with Crippen LogP contribution in [0.15, 0.2) is 60.7 Å². The molecule has 0 saturated heterocycles. The van der Waals surface area contributed by atoms with Gasteiger partial charge in [-0.2, -0.15) is 0 Å². The molecule has 4 nitrogen and oxygen atoms in total. The van der Waals surface area contributed by atoms with Gasteiger partial charge in [0, 0.05) is 6.42 Å². The summed E-state index contributed by atoms with van der Waals surface area (Å²) in [6, 6.07) is 19.3. The Hall–Kier alpha value is -2.62. The number of methoxy groups -OCH3 is 1. The van der Waals surface area contributed by atoms with Gasteiger partial charge in [-0.1, -0.05) is 73.5 Å². The molecule has 4 heteroatoms. The van der Waals surface area contributed by atoms with Crippen LogP contribution in [0.1, 0.15) is 43.2 Å². The van der Waals surface area contributed by atoms with Gasteiger partial charge in [0.2, 0.25) is 0 Å². The van der Waals surface area contributed by atoms with Gasteiger partial charge in [0.25, 0.3) is 0 Å². The number of hydrogen-bond acceptors (Lipinski definition) is 3.